The molecule has 0 saturated carbocycles. The van der Waals surface area contributed by atoms with Crippen LogP contribution >= 0.6 is 0 Å². The SMILES string of the molecule is N#Cc1ccc(-n2c3ccccc3c3c2ccc2c4ccccc4n(-c4cc(N5C(=O)c6ccccc6C5=O)ccc4C#N)c23)cc1. The summed E-state index contributed by atoms with van der Waals surface area (Å²) in [5.74, 6) is -0.785. The van der Waals surface area contributed by atoms with Gasteiger partial charge in [-0.1, -0.05) is 54.6 Å². The highest BCUT2D eigenvalue weighted by atomic mass is 16.2. The van der Waals surface area contributed by atoms with E-state index >= 15 is 0 Å². The van der Waals surface area contributed by atoms with Crippen molar-refractivity contribution in [3.05, 3.63) is 150 Å². The van der Waals surface area contributed by atoms with Crippen molar-refractivity contribution in [3.8, 4) is 23.5 Å². The first-order chi connectivity index (χ1) is 23.1. The summed E-state index contributed by atoms with van der Waals surface area (Å²) < 4.78 is 4.27. The van der Waals surface area contributed by atoms with Crippen molar-refractivity contribution in [1.29, 1.82) is 10.5 Å². The summed E-state index contributed by atoms with van der Waals surface area (Å²) in [4.78, 5) is 28.2. The molecule has 0 saturated heterocycles. The fraction of sp³-hybridized carbons (Fsp3) is 0. The lowest BCUT2D eigenvalue weighted by Gasteiger charge is -2.18. The standard InChI is InChI=1S/C40H21N5O2/c41-22-24-13-16-26(17-14-24)43-34-12-6-4-10-32(34)37-35(43)20-19-29-28-7-3-5-11-33(28)45(38(29)37)36-21-27(18-15-25(36)23-42)44-39(46)30-8-1-2-9-31(30)40(44)47/h1-21H. The number of nitriles is 2. The van der Waals surface area contributed by atoms with Gasteiger partial charge in [0.1, 0.15) is 6.07 Å². The van der Waals surface area contributed by atoms with Gasteiger partial charge in [0.05, 0.1) is 61.8 Å². The lowest BCUT2D eigenvalue weighted by atomic mass is 10.1. The number of hydrogen-bond donors (Lipinski definition) is 0. The zero-order valence-corrected chi connectivity index (χ0v) is 24.7. The highest BCUT2D eigenvalue weighted by Crippen LogP contribution is 2.43. The molecule has 8 aromatic rings. The molecule has 218 valence electrons. The zero-order chi connectivity index (χ0) is 31.8. The second kappa shape index (κ2) is 9.77. The van der Waals surface area contributed by atoms with E-state index in [0.29, 0.717) is 33.6 Å². The number of fused-ring (bicyclic) bond motifs is 8. The van der Waals surface area contributed by atoms with Crippen LogP contribution in [0.5, 0.6) is 0 Å². The number of rotatable bonds is 3. The second-order valence-corrected chi connectivity index (χ2v) is 11.5. The lowest BCUT2D eigenvalue weighted by Crippen LogP contribution is -2.29. The third-order valence-corrected chi connectivity index (χ3v) is 9.12. The first kappa shape index (κ1) is 26.4. The number of carbonyl (C=O) groups excluding carboxylic acids is 2. The van der Waals surface area contributed by atoms with Crippen LogP contribution < -0.4 is 4.90 Å². The molecule has 0 unspecified atom stereocenters. The van der Waals surface area contributed by atoms with E-state index in [4.69, 9.17) is 0 Å². The van der Waals surface area contributed by atoms with E-state index < -0.39 is 11.8 Å². The Labute approximate surface area is 267 Å². The van der Waals surface area contributed by atoms with E-state index in [1.54, 1.807) is 42.5 Å². The molecule has 0 fully saturated rings. The summed E-state index contributed by atoms with van der Waals surface area (Å²) in [6.45, 7) is 0. The number of anilines is 1. The Morgan fingerprint density at radius 2 is 1.13 bits per heavy atom. The second-order valence-electron chi connectivity index (χ2n) is 11.5. The third kappa shape index (κ3) is 3.60. The topological polar surface area (TPSA) is 94.8 Å². The Balaban J connectivity index is 1.39. The lowest BCUT2D eigenvalue weighted by molar-refractivity contribution is 0.0926. The van der Waals surface area contributed by atoms with Crippen LogP contribution in [0.3, 0.4) is 0 Å². The van der Waals surface area contributed by atoms with Crippen molar-refractivity contribution in [3.63, 3.8) is 0 Å². The summed E-state index contributed by atoms with van der Waals surface area (Å²) in [5.41, 5.74) is 7.33. The van der Waals surface area contributed by atoms with Gasteiger partial charge in [-0.25, -0.2) is 4.90 Å². The van der Waals surface area contributed by atoms with Crippen molar-refractivity contribution in [2.45, 2.75) is 0 Å². The predicted octanol–water partition coefficient (Wildman–Crippen LogP) is 8.42. The van der Waals surface area contributed by atoms with E-state index in [9.17, 15) is 20.1 Å². The molecule has 0 bridgehead atoms. The summed E-state index contributed by atoms with van der Waals surface area (Å²) in [7, 11) is 0. The number of aromatic nitrogens is 2. The molecule has 2 amide bonds. The Kier molecular flexibility index (Phi) is 5.50. The fourth-order valence-electron chi connectivity index (χ4n) is 7.08. The highest BCUT2D eigenvalue weighted by Gasteiger charge is 2.36. The van der Waals surface area contributed by atoms with Crippen molar-refractivity contribution in [2.75, 3.05) is 4.90 Å². The number of benzene rings is 6. The minimum absolute atomic E-state index is 0.359. The van der Waals surface area contributed by atoms with E-state index in [2.05, 4.69) is 51.6 Å². The molecule has 7 heteroatoms. The average Bonchev–Trinajstić information content (AvgIpc) is 3.73. The molecule has 0 aliphatic carbocycles. The van der Waals surface area contributed by atoms with Crippen LogP contribution in [0, 0.1) is 22.7 Å². The molecule has 0 spiro atoms. The van der Waals surface area contributed by atoms with Gasteiger partial charge in [-0.3, -0.25) is 9.59 Å². The monoisotopic (exact) mass is 603 g/mol. The molecular formula is C40H21N5O2. The van der Waals surface area contributed by atoms with Crippen LogP contribution in [0.15, 0.2) is 127 Å². The highest BCUT2D eigenvalue weighted by molar-refractivity contribution is 6.34. The molecule has 3 heterocycles. The quantitative estimate of drug-likeness (QED) is 0.189. The first-order valence-corrected chi connectivity index (χ1v) is 15.1. The minimum atomic E-state index is -0.392. The number of carbonyl (C=O) groups is 2. The zero-order valence-electron chi connectivity index (χ0n) is 24.7. The number of imide groups is 1. The number of amides is 2. The van der Waals surface area contributed by atoms with Crippen LogP contribution in [0.25, 0.3) is 55.0 Å². The maximum Gasteiger partial charge on any atom is 0.266 e. The number of hydrogen-bond acceptors (Lipinski definition) is 4. The van der Waals surface area contributed by atoms with E-state index in [0.717, 1.165) is 49.3 Å². The van der Waals surface area contributed by atoms with Gasteiger partial charge in [-0.15, -0.1) is 0 Å². The smallest absolute Gasteiger partial charge is 0.266 e. The van der Waals surface area contributed by atoms with Crippen LogP contribution in [0.4, 0.5) is 5.69 Å². The summed E-state index contributed by atoms with van der Waals surface area (Å²) in [5, 5.41) is 23.9. The Morgan fingerprint density at radius 1 is 0.511 bits per heavy atom. The van der Waals surface area contributed by atoms with Crippen molar-refractivity contribution >= 4 is 61.1 Å². The predicted molar refractivity (Wildman–Crippen MR) is 182 cm³/mol. The Bertz CT molecular complexity index is 2720. The van der Waals surface area contributed by atoms with Gasteiger partial charge in [-0.05, 0) is 72.8 Å². The van der Waals surface area contributed by atoms with Crippen molar-refractivity contribution in [1.82, 2.24) is 9.13 Å². The van der Waals surface area contributed by atoms with Crippen LogP contribution in [0.2, 0.25) is 0 Å². The molecule has 1 aliphatic heterocycles. The maximum atomic E-state index is 13.5. The van der Waals surface area contributed by atoms with Gasteiger partial charge in [0, 0.05) is 27.2 Å². The molecule has 9 rings (SSSR count). The number of nitrogens with zero attached hydrogens (tertiary/aromatic N) is 5. The molecule has 0 atom stereocenters. The molecule has 1 aliphatic rings. The van der Waals surface area contributed by atoms with Crippen LogP contribution in [0.1, 0.15) is 31.8 Å². The van der Waals surface area contributed by atoms with Gasteiger partial charge < -0.3 is 9.13 Å². The molecule has 0 N–H and O–H groups in total. The van der Waals surface area contributed by atoms with Gasteiger partial charge in [0.2, 0.25) is 0 Å². The van der Waals surface area contributed by atoms with Gasteiger partial charge in [0.25, 0.3) is 11.8 Å². The average molecular weight is 604 g/mol. The van der Waals surface area contributed by atoms with Gasteiger partial charge >= 0.3 is 0 Å². The summed E-state index contributed by atoms with van der Waals surface area (Å²) in [6.07, 6.45) is 0. The van der Waals surface area contributed by atoms with E-state index in [-0.39, 0.29) is 0 Å². The largest absolute Gasteiger partial charge is 0.309 e. The van der Waals surface area contributed by atoms with Gasteiger partial charge in [0.15, 0.2) is 0 Å². The molecule has 6 aromatic carbocycles. The molecule has 0 radical (unpaired) electrons. The van der Waals surface area contributed by atoms with E-state index in [1.165, 1.54) is 4.90 Å². The first-order valence-electron chi connectivity index (χ1n) is 15.1. The normalized spacial score (nSPS) is 12.7. The molecule has 47 heavy (non-hydrogen) atoms. The van der Waals surface area contributed by atoms with Crippen molar-refractivity contribution in [2.24, 2.45) is 0 Å². The minimum Gasteiger partial charge on any atom is -0.309 e. The molecule has 2 aromatic heterocycles. The molecule has 7 nitrogen and oxygen atoms in total. The third-order valence-electron chi connectivity index (χ3n) is 9.12. The molecular weight excluding hydrogens is 582 g/mol. The van der Waals surface area contributed by atoms with Crippen molar-refractivity contribution < 1.29 is 9.59 Å². The number of para-hydroxylation sites is 2. The Hall–Kier alpha value is -6.96. The van der Waals surface area contributed by atoms with E-state index in [1.807, 2.05) is 54.6 Å². The summed E-state index contributed by atoms with van der Waals surface area (Å²) >= 11 is 0. The maximum absolute atomic E-state index is 13.5. The fourth-order valence-corrected chi connectivity index (χ4v) is 7.08. The summed E-state index contributed by atoms with van der Waals surface area (Å²) in [6, 6.07) is 44.5. The Morgan fingerprint density at radius 3 is 1.81 bits per heavy atom. The van der Waals surface area contributed by atoms with Crippen LogP contribution in [-0.2, 0) is 0 Å². The van der Waals surface area contributed by atoms with Crippen LogP contribution in [-0.4, -0.2) is 20.9 Å². The van der Waals surface area contributed by atoms with Gasteiger partial charge in [-0.2, -0.15) is 10.5 Å².